The van der Waals surface area contributed by atoms with Crippen LogP contribution in [-0.2, 0) is 0 Å². The molecule has 0 amide bonds. The SMILES string of the molecule is COc1ccc(C(C)c2ccccc2OC)c(Cl)c1. The summed E-state index contributed by atoms with van der Waals surface area (Å²) in [5.74, 6) is 1.80. The van der Waals surface area contributed by atoms with E-state index < -0.39 is 0 Å². The molecule has 0 heterocycles. The fraction of sp³-hybridized carbons (Fsp3) is 0.250. The molecule has 19 heavy (non-hydrogen) atoms. The molecule has 0 aliphatic carbocycles. The van der Waals surface area contributed by atoms with Crippen LogP contribution in [0.2, 0.25) is 5.02 Å². The summed E-state index contributed by atoms with van der Waals surface area (Å²) in [5, 5.41) is 0.706. The summed E-state index contributed by atoms with van der Waals surface area (Å²) in [6, 6.07) is 13.7. The van der Waals surface area contributed by atoms with Gasteiger partial charge in [0.25, 0.3) is 0 Å². The van der Waals surface area contributed by atoms with Crippen molar-refractivity contribution in [3.63, 3.8) is 0 Å². The highest BCUT2D eigenvalue weighted by Crippen LogP contribution is 2.36. The highest BCUT2D eigenvalue weighted by molar-refractivity contribution is 6.31. The molecule has 0 aromatic heterocycles. The van der Waals surface area contributed by atoms with E-state index in [1.165, 1.54) is 0 Å². The van der Waals surface area contributed by atoms with Gasteiger partial charge in [0.1, 0.15) is 11.5 Å². The number of ether oxygens (including phenoxy) is 2. The van der Waals surface area contributed by atoms with Crippen molar-refractivity contribution in [2.24, 2.45) is 0 Å². The van der Waals surface area contributed by atoms with Crippen LogP contribution < -0.4 is 9.47 Å². The van der Waals surface area contributed by atoms with E-state index in [-0.39, 0.29) is 5.92 Å². The van der Waals surface area contributed by atoms with Gasteiger partial charge >= 0.3 is 0 Å². The van der Waals surface area contributed by atoms with Crippen molar-refractivity contribution in [1.29, 1.82) is 0 Å². The molecule has 0 spiro atoms. The molecular formula is C16H17ClO2. The molecule has 3 heteroatoms. The smallest absolute Gasteiger partial charge is 0.122 e. The number of hydrogen-bond donors (Lipinski definition) is 0. The van der Waals surface area contributed by atoms with Crippen molar-refractivity contribution in [2.45, 2.75) is 12.8 Å². The number of benzene rings is 2. The van der Waals surface area contributed by atoms with Crippen LogP contribution in [0.1, 0.15) is 24.0 Å². The fourth-order valence-corrected chi connectivity index (χ4v) is 2.51. The molecule has 2 aromatic carbocycles. The van der Waals surface area contributed by atoms with Gasteiger partial charge in [-0.05, 0) is 23.8 Å². The van der Waals surface area contributed by atoms with Gasteiger partial charge in [-0.2, -0.15) is 0 Å². The van der Waals surface area contributed by atoms with E-state index in [2.05, 4.69) is 13.0 Å². The maximum absolute atomic E-state index is 6.33. The Morgan fingerprint density at radius 1 is 0.947 bits per heavy atom. The molecule has 0 N–H and O–H groups in total. The molecule has 0 radical (unpaired) electrons. The number of para-hydroxylation sites is 1. The van der Waals surface area contributed by atoms with Gasteiger partial charge in [0.2, 0.25) is 0 Å². The summed E-state index contributed by atoms with van der Waals surface area (Å²) in [5.41, 5.74) is 2.18. The van der Waals surface area contributed by atoms with Gasteiger partial charge in [-0.15, -0.1) is 0 Å². The lowest BCUT2D eigenvalue weighted by atomic mass is 9.92. The van der Waals surface area contributed by atoms with Crippen LogP contribution in [0.3, 0.4) is 0 Å². The number of hydrogen-bond acceptors (Lipinski definition) is 2. The van der Waals surface area contributed by atoms with Gasteiger partial charge in [0.15, 0.2) is 0 Å². The van der Waals surface area contributed by atoms with Crippen molar-refractivity contribution >= 4 is 11.6 Å². The Morgan fingerprint density at radius 3 is 2.32 bits per heavy atom. The first-order valence-electron chi connectivity index (χ1n) is 6.13. The third kappa shape index (κ3) is 2.85. The van der Waals surface area contributed by atoms with E-state index in [4.69, 9.17) is 21.1 Å². The Labute approximate surface area is 118 Å². The van der Waals surface area contributed by atoms with E-state index >= 15 is 0 Å². The van der Waals surface area contributed by atoms with Gasteiger partial charge in [0, 0.05) is 16.5 Å². The summed E-state index contributed by atoms with van der Waals surface area (Å²) in [6.45, 7) is 2.12. The predicted octanol–water partition coefficient (Wildman–Crippen LogP) is 4.51. The summed E-state index contributed by atoms with van der Waals surface area (Å²) >= 11 is 6.33. The third-order valence-corrected chi connectivity index (χ3v) is 3.61. The molecule has 0 bridgehead atoms. The molecule has 0 saturated carbocycles. The van der Waals surface area contributed by atoms with Crippen LogP contribution in [0.15, 0.2) is 42.5 Å². The minimum Gasteiger partial charge on any atom is -0.497 e. The van der Waals surface area contributed by atoms with Crippen molar-refractivity contribution in [3.8, 4) is 11.5 Å². The summed E-state index contributed by atoms with van der Waals surface area (Å²) in [7, 11) is 3.32. The molecule has 2 rings (SSSR count). The van der Waals surface area contributed by atoms with E-state index in [0.717, 1.165) is 22.6 Å². The second-order valence-electron chi connectivity index (χ2n) is 4.35. The number of rotatable bonds is 4. The molecule has 0 saturated heterocycles. The van der Waals surface area contributed by atoms with Gasteiger partial charge < -0.3 is 9.47 Å². The van der Waals surface area contributed by atoms with Crippen molar-refractivity contribution < 1.29 is 9.47 Å². The lowest BCUT2D eigenvalue weighted by Crippen LogP contribution is -2.00. The van der Waals surface area contributed by atoms with Crippen LogP contribution in [-0.4, -0.2) is 14.2 Å². The van der Waals surface area contributed by atoms with Gasteiger partial charge in [-0.1, -0.05) is 42.8 Å². The highest BCUT2D eigenvalue weighted by Gasteiger charge is 2.16. The Bertz CT molecular complexity index is 566. The zero-order chi connectivity index (χ0) is 13.8. The largest absolute Gasteiger partial charge is 0.497 e. The average molecular weight is 277 g/mol. The van der Waals surface area contributed by atoms with E-state index in [9.17, 15) is 0 Å². The van der Waals surface area contributed by atoms with Crippen LogP contribution >= 0.6 is 11.6 Å². The molecular weight excluding hydrogens is 260 g/mol. The van der Waals surface area contributed by atoms with Gasteiger partial charge in [-0.3, -0.25) is 0 Å². The van der Waals surface area contributed by atoms with Crippen molar-refractivity contribution in [2.75, 3.05) is 14.2 Å². The van der Waals surface area contributed by atoms with Gasteiger partial charge in [-0.25, -0.2) is 0 Å². The van der Waals surface area contributed by atoms with Crippen LogP contribution in [0.25, 0.3) is 0 Å². The topological polar surface area (TPSA) is 18.5 Å². The fourth-order valence-electron chi connectivity index (χ4n) is 2.18. The van der Waals surface area contributed by atoms with Crippen LogP contribution in [0, 0.1) is 0 Å². The molecule has 0 fully saturated rings. The van der Waals surface area contributed by atoms with Crippen LogP contribution in [0.5, 0.6) is 11.5 Å². The normalized spacial score (nSPS) is 12.0. The minimum atomic E-state index is 0.162. The Hall–Kier alpha value is -1.67. The standard InChI is InChI=1S/C16H17ClO2/c1-11(14-6-4-5-7-16(14)19-3)13-9-8-12(18-2)10-15(13)17/h4-11H,1-3H3. The average Bonchev–Trinajstić information content (AvgIpc) is 2.46. The lowest BCUT2D eigenvalue weighted by Gasteiger charge is -2.17. The van der Waals surface area contributed by atoms with Crippen molar-refractivity contribution in [3.05, 3.63) is 58.6 Å². The van der Waals surface area contributed by atoms with Crippen molar-refractivity contribution in [1.82, 2.24) is 0 Å². The Balaban J connectivity index is 2.41. The molecule has 0 aliphatic rings. The van der Waals surface area contributed by atoms with Gasteiger partial charge in [0.05, 0.1) is 14.2 Å². The Morgan fingerprint density at radius 2 is 1.68 bits per heavy atom. The molecule has 2 aromatic rings. The second-order valence-corrected chi connectivity index (χ2v) is 4.76. The summed E-state index contributed by atoms with van der Waals surface area (Å²) < 4.78 is 10.6. The first-order valence-corrected chi connectivity index (χ1v) is 6.51. The molecule has 100 valence electrons. The number of methoxy groups -OCH3 is 2. The predicted molar refractivity (Wildman–Crippen MR) is 78.5 cm³/mol. The zero-order valence-corrected chi connectivity index (χ0v) is 12.1. The summed E-state index contributed by atoms with van der Waals surface area (Å²) in [4.78, 5) is 0. The highest BCUT2D eigenvalue weighted by atomic mass is 35.5. The maximum atomic E-state index is 6.33. The van der Waals surface area contributed by atoms with Crippen LogP contribution in [0.4, 0.5) is 0 Å². The van der Waals surface area contributed by atoms with E-state index in [0.29, 0.717) is 5.02 Å². The third-order valence-electron chi connectivity index (χ3n) is 3.28. The monoisotopic (exact) mass is 276 g/mol. The first kappa shape index (κ1) is 13.8. The molecule has 2 nitrogen and oxygen atoms in total. The Kier molecular flexibility index (Phi) is 4.33. The second kappa shape index (κ2) is 5.98. The van der Waals surface area contributed by atoms with E-state index in [1.807, 2.05) is 36.4 Å². The number of halogens is 1. The molecule has 1 unspecified atom stereocenters. The maximum Gasteiger partial charge on any atom is 0.122 e. The molecule has 1 atom stereocenters. The minimum absolute atomic E-state index is 0.162. The summed E-state index contributed by atoms with van der Waals surface area (Å²) in [6.07, 6.45) is 0. The zero-order valence-electron chi connectivity index (χ0n) is 11.3. The lowest BCUT2D eigenvalue weighted by molar-refractivity contribution is 0.408. The van der Waals surface area contributed by atoms with E-state index in [1.54, 1.807) is 14.2 Å². The first-order chi connectivity index (χ1) is 9.17. The molecule has 0 aliphatic heterocycles. The quantitative estimate of drug-likeness (QED) is 0.818.